The monoisotopic (exact) mass is 180 g/mol. The normalized spacial score (nSPS) is 57.3. The minimum atomic E-state index is 0.123. The minimum absolute atomic E-state index is 0.123. The van der Waals surface area contributed by atoms with Gasteiger partial charge in [0.1, 0.15) is 6.29 Å². The smallest absolute Gasteiger partial charge is 0.120 e. The topological polar surface area (TPSA) is 26.3 Å². The quantitative estimate of drug-likeness (QED) is 0.605. The van der Waals surface area contributed by atoms with Gasteiger partial charge in [0.25, 0.3) is 0 Å². The van der Waals surface area contributed by atoms with E-state index in [0.29, 0.717) is 5.92 Å². The molecule has 0 amide bonds. The molecule has 2 nitrogen and oxygen atoms in total. The zero-order valence-electron chi connectivity index (χ0n) is 8.08. The second-order valence-corrected chi connectivity index (χ2v) is 5.23. The molecule has 0 aromatic carbocycles. The molecule has 1 saturated heterocycles. The lowest BCUT2D eigenvalue weighted by molar-refractivity contribution is -0.128. The Morgan fingerprint density at radius 2 is 2.46 bits per heavy atom. The van der Waals surface area contributed by atoms with E-state index < -0.39 is 0 Å². The molecule has 4 unspecified atom stereocenters. The van der Waals surface area contributed by atoms with Gasteiger partial charge in [0.05, 0.1) is 12.2 Å². The van der Waals surface area contributed by atoms with Crippen LogP contribution in [0.3, 0.4) is 0 Å². The first-order valence-electron chi connectivity index (χ1n) is 5.29. The Bertz CT molecular complexity index is 261. The van der Waals surface area contributed by atoms with Crippen molar-refractivity contribution in [2.45, 2.75) is 38.2 Å². The van der Waals surface area contributed by atoms with Gasteiger partial charge in [-0.2, -0.15) is 0 Å². The van der Waals surface area contributed by atoms with Gasteiger partial charge in [-0.25, -0.2) is 0 Å². The van der Waals surface area contributed by atoms with Crippen molar-refractivity contribution in [1.29, 1.82) is 0 Å². The van der Waals surface area contributed by atoms with Crippen LogP contribution in [-0.4, -0.2) is 18.5 Å². The van der Waals surface area contributed by atoms with Gasteiger partial charge in [-0.3, -0.25) is 0 Å². The molecule has 1 aliphatic heterocycles. The van der Waals surface area contributed by atoms with Crippen LogP contribution in [0.5, 0.6) is 0 Å². The molecular weight excluding hydrogens is 164 g/mol. The highest BCUT2D eigenvalue weighted by atomic mass is 16.5. The standard InChI is InChI=1S/C11H16O2/c1-10-3-2-8-6-9(10)11(8,4-5-12)7-13-10/h5,8-9H,2-4,6-7H2,1H3. The lowest BCUT2D eigenvalue weighted by Crippen LogP contribution is -2.57. The lowest BCUT2D eigenvalue weighted by atomic mass is 9.44. The molecule has 4 aliphatic rings. The molecule has 0 aromatic rings. The summed E-state index contributed by atoms with van der Waals surface area (Å²) in [6, 6.07) is 0. The summed E-state index contributed by atoms with van der Waals surface area (Å²) < 4.78 is 5.92. The van der Waals surface area contributed by atoms with Crippen LogP contribution in [0.4, 0.5) is 0 Å². The van der Waals surface area contributed by atoms with Crippen LogP contribution < -0.4 is 0 Å². The zero-order valence-corrected chi connectivity index (χ0v) is 8.08. The van der Waals surface area contributed by atoms with E-state index in [1.54, 1.807) is 0 Å². The summed E-state index contributed by atoms with van der Waals surface area (Å²) in [5, 5.41) is 0. The maximum absolute atomic E-state index is 10.7. The Hall–Kier alpha value is -0.370. The van der Waals surface area contributed by atoms with Crippen LogP contribution in [0.1, 0.15) is 32.6 Å². The van der Waals surface area contributed by atoms with Crippen LogP contribution in [0.15, 0.2) is 0 Å². The summed E-state index contributed by atoms with van der Waals surface area (Å²) in [6.45, 7) is 3.08. The Morgan fingerprint density at radius 3 is 3.15 bits per heavy atom. The third kappa shape index (κ3) is 0.723. The third-order valence-electron chi connectivity index (χ3n) is 4.89. The average molecular weight is 180 g/mol. The molecule has 4 fully saturated rings. The lowest BCUT2D eigenvalue weighted by Gasteiger charge is -2.58. The Kier molecular flexibility index (Phi) is 1.33. The largest absolute Gasteiger partial charge is 0.374 e. The molecule has 1 heterocycles. The van der Waals surface area contributed by atoms with E-state index in [1.807, 2.05) is 0 Å². The molecule has 3 saturated carbocycles. The number of hydrogen-bond acceptors (Lipinski definition) is 2. The molecule has 0 spiro atoms. The van der Waals surface area contributed by atoms with Crippen molar-refractivity contribution in [2.75, 3.05) is 6.61 Å². The predicted octanol–water partition coefficient (Wildman–Crippen LogP) is 1.78. The first-order chi connectivity index (χ1) is 6.21. The zero-order chi connectivity index (χ0) is 9.10. The SMILES string of the molecule is CC12CCC3CC1C3(CC=O)CO2. The molecule has 4 rings (SSSR count). The van der Waals surface area contributed by atoms with Gasteiger partial charge in [-0.15, -0.1) is 0 Å². The van der Waals surface area contributed by atoms with Gasteiger partial charge in [-0.1, -0.05) is 0 Å². The van der Waals surface area contributed by atoms with Crippen molar-refractivity contribution in [2.24, 2.45) is 17.3 Å². The van der Waals surface area contributed by atoms with Crippen LogP contribution in [-0.2, 0) is 9.53 Å². The fraction of sp³-hybridized carbons (Fsp3) is 0.909. The van der Waals surface area contributed by atoms with E-state index in [2.05, 4.69) is 6.92 Å². The highest BCUT2D eigenvalue weighted by Gasteiger charge is 2.68. The van der Waals surface area contributed by atoms with Crippen LogP contribution in [0.25, 0.3) is 0 Å². The first-order valence-corrected chi connectivity index (χ1v) is 5.29. The van der Waals surface area contributed by atoms with Gasteiger partial charge in [0.2, 0.25) is 0 Å². The number of carbonyl (C=O) groups is 1. The van der Waals surface area contributed by atoms with Gasteiger partial charge in [0, 0.05) is 11.8 Å². The van der Waals surface area contributed by atoms with E-state index in [-0.39, 0.29) is 11.0 Å². The van der Waals surface area contributed by atoms with Crippen molar-refractivity contribution < 1.29 is 9.53 Å². The Labute approximate surface area is 78.6 Å². The van der Waals surface area contributed by atoms with Crippen LogP contribution in [0, 0.1) is 17.3 Å². The van der Waals surface area contributed by atoms with Crippen LogP contribution in [0.2, 0.25) is 0 Å². The van der Waals surface area contributed by atoms with Crippen molar-refractivity contribution in [3.63, 3.8) is 0 Å². The van der Waals surface area contributed by atoms with Gasteiger partial charge >= 0.3 is 0 Å². The number of carbonyl (C=O) groups excluding carboxylic acids is 1. The van der Waals surface area contributed by atoms with E-state index in [0.717, 1.165) is 25.2 Å². The second kappa shape index (κ2) is 2.17. The Balaban J connectivity index is 1.96. The van der Waals surface area contributed by atoms with Crippen LogP contribution >= 0.6 is 0 Å². The molecule has 4 bridgehead atoms. The highest BCUT2D eigenvalue weighted by molar-refractivity contribution is 5.52. The first kappa shape index (κ1) is 7.98. The summed E-state index contributed by atoms with van der Waals surface area (Å²) in [6.07, 6.45) is 5.63. The van der Waals surface area contributed by atoms with E-state index in [9.17, 15) is 4.79 Å². The van der Waals surface area contributed by atoms with Crippen molar-refractivity contribution in [3.8, 4) is 0 Å². The Morgan fingerprint density at radius 1 is 1.62 bits per heavy atom. The molecular formula is C11H16O2. The molecule has 0 radical (unpaired) electrons. The summed E-state index contributed by atoms with van der Waals surface area (Å²) in [5.41, 5.74) is 0.395. The maximum atomic E-state index is 10.7. The number of ether oxygens (including phenoxy) is 1. The third-order valence-corrected chi connectivity index (χ3v) is 4.89. The molecule has 72 valence electrons. The van der Waals surface area contributed by atoms with E-state index in [4.69, 9.17) is 4.74 Å². The molecule has 0 N–H and O–H groups in total. The van der Waals surface area contributed by atoms with E-state index in [1.165, 1.54) is 19.3 Å². The molecule has 4 atom stereocenters. The molecule has 3 aliphatic carbocycles. The number of rotatable bonds is 2. The van der Waals surface area contributed by atoms with Crippen molar-refractivity contribution in [3.05, 3.63) is 0 Å². The number of hydrogen-bond donors (Lipinski definition) is 0. The second-order valence-electron chi connectivity index (χ2n) is 5.23. The number of aldehydes is 1. The fourth-order valence-electron chi connectivity index (χ4n) is 3.99. The predicted molar refractivity (Wildman–Crippen MR) is 48.3 cm³/mol. The van der Waals surface area contributed by atoms with Crippen molar-refractivity contribution >= 4 is 6.29 Å². The molecule has 2 heteroatoms. The summed E-state index contributed by atoms with van der Waals surface area (Å²) in [7, 11) is 0. The summed E-state index contributed by atoms with van der Waals surface area (Å²) in [4.78, 5) is 10.7. The van der Waals surface area contributed by atoms with Gasteiger partial charge in [-0.05, 0) is 38.0 Å². The van der Waals surface area contributed by atoms with Crippen molar-refractivity contribution in [1.82, 2.24) is 0 Å². The van der Waals surface area contributed by atoms with Gasteiger partial charge in [0.15, 0.2) is 0 Å². The fourth-order valence-corrected chi connectivity index (χ4v) is 3.99. The molecule has 0 aromatic heterocycles. The van der Waals surface area contributed by atoms with E-state index >= 15 is 0 Å². The maximum Gasteiger partial charge on any atom is 0.120 e. The minimum Gasteiger partial charge on any atom is -0.374 e. The molecule has 13 heavy (non-hydrogen) atoms. The van der Waals surface area contributed by atoms with Gasteiger partial charge < -0.3 is 9.53 Å². The average Bonchev–Trinajstić information content (AvgIpc) is 2.24. The summed E-state index contributed by atoms with van der Waals surface area (Å²) in [5.74, 6) is 1.47. The summed E-state index contributed by atoms with van der Waals surface area (Å²) >= 11 is 0. The highest BCUT2D eigenvalue weighted by Crippen LogP contribution is 2.69. The number of fused-ring (bicyclic) bond motifs is 1.